The van der Waals surface area contributed by atoms with Crippen LogP contribution in [0.25, 0.3) is 0 Å². The summed E-state index contributed by atoms with van der Waals surface area (Å²) in [6.07, 6.45) is 3.88. The standard InChI is InChI=1S/C19H27N2O2PS/c1-14(21-18-10-8-17(9-11-18)15(2)24)7-5-4-6-12-20-19(23)13-25-16(3)22/h8-11,21,24H,1,4-7,12-13H2,2-3H3,(H,20,23). The molecular weight excluding hydrogens is 351 g/mol. The van der Waals surface area contributed by atoms with Crippen LogP contribution < -0.4 is 10.6 Å². The quantitative estimate of drug-likeness (QED) is 0.446. The number of nitrogens with one attached hydrogen (secondary N) is 2. The van der Waals surface area contributed by atoms with E-state index in [0.29, 0.717) is 6.54 Å². The van der Waals surface area contributed by atoms with Crippen LogP contribution in [0.1, 0.15) is 45.1 Å². The highest BCUT2D eigenvalue weighted by atomic mass is 32.2. The molecule has 0 bridgehead atoms. The molecule has 1 rings (SSSR count). The van der Waals surface area contributed by atoms with E-state index in [1.165, 1.54) is 6.92 Å². The number of anilines is 1. The van der Waals surface area contributed by atoms with Crippen LogP contribution in [0.15, 0.2) is 36.5 Å². The Kier molecular flexibility index (Phi) is 10.2. The maximum atomic E-state index is 11.4. The third-order valence-corrected chi connectivity index (χ3v) is 4.62. The van der Waals surface area contributed by atoms with Crippen molar-refractivity contribution >= 4 is 42.6 Å². The van der Waals surface area contributed by atoms with Crippen LogP contribution in [0.4, 0.5) is 5.69 Å². The van der Waals surface area contributed by atoms with Gasteiger partial charge in [-0.25, -0.2) is 0 Å². The molecule has 0 aliphatic heterocycles. The molecule has 0 aromatic heterocycles. The van der Waals surface area contributed by atoms with Crippen molar-refractivity contribution in [1.82, 2.24) is 5.32 Å². The highest BCUT2D eigenvalue weighted by Crippen LogP contribution is 2.15. The first kappa shape index (κ1) is 21.5. The third kappa shape index (κ3) is 10.1. The number of hydrogen-bond acceptors (Lipinski definition) is 4. The molecule has 6 heteroatoms. The zero-order valence-electron chi connectivity index (χ0n) is 15.0. The van der Waals surface area contributed by atoms with Gasteiger partial charge >= 0.3 is 0 Å². The molecule has 25 heavy (non-hydrogen) atoms. The Bertz CT molecular complexity index is 614. The van der Waals surface area contributed by atoms with Crippen LogP contribution in [-0.2, 0) is 9.59 Å². The number of unbranched alkanes of at least 4 members (excludes halogenated alkanes) is 2. The van der Waals surface area contributed by atoms with Gasteiger partial charge in [-0.3, -0.25) is 9.59 Å². The molecule has 4 nitrogen and oxygen atoms in total. The second-order valence-corrected chi connectivity index (χ2v) is 7.77. The van der Waals surface area contributed by atoms with Crippen LogP contribution in [0, 0.1) is 0 Å². The van der Waals surface area contributed by atoms with E-state index < -0.39 is 0 Å². The molecule has 0 spiro atoms. The van der Waals surface area contributed by atoms with Gasteiger partial charge in [-0.1, -0.05) is 36.9 Å². The third-order valence-electron chi connectivity index (χ3n) is 3.52. The number of carbonyl (C=O) groups excluding carboxylic acids is 2. The smallest absolute Gasteiger partial charge is 0.230 e. The van der Waals surface area contributed by atoms with Crippen LogP contribution in [0.5, 0.6) is 0 Å². The summed E-state index contributed by atoms with van der Waals surface area (Å²) in [7, 11) is 3.52. The normalized spacial score (nSPS) is 10.2. The van der Waals surface area contributed by atoms with Gasteiger partial charge in [-0.05, 0) is 49.2 Å². The van der Waals surface area contributed by atoms with Gasteiger partial charge in [-0.15, -0.1) is 8.86 Å². The van der Waals surface area contributed by atoms with E-state index >= 15 is 0 Å². The summed E-state index contributed by atoms with van der Waals surface area (Å²) < 4.78 is 0. The van der Waals surface area contributed by atoms with Crippen LogP contribution in [0.2, 0.25) is 0 Å². The molecule has 0 aliphatic carbocycles. The second kappa shape index (κ2) is 11.9. The van der Waals surface area contributed by atoms with Gasteiger partial charge < -0.3 is 10.6 Å². The molecule has 0 radical (unpaired) electrons. The molecule has 1 aromatic rings. The minimum absolute atomic E-state index is 0.0313. The number of allylic oxidation sites excluding steroid dienone is 1. The lowest BCUT2D eigenvalue weighted by Gasteiger charge is -2.10. The van der Waals surface area contributed by atoms with Crippen molar-refractivity contribution in [2.45, 2.75) is 39.5 Å². The van der Waals surface area contributed by atoms with Crippen LogP contribution in [0.3, 0.4) is 0 Å². The van der Waals surface area contributed by atoms with E-state index in [-0.39, 0.29) is 16.8 Å². The lowest BCUT2D eigenvalue weighted by molar-refractivity contribution is -0.118. The fourth-order valence-electron chi connectivity index (χ4n) is 2.16. The molecule has 136 valence electrons. The molecule has 2 N–H and O–H groups in total. The summed E-state index contributed by atoms with van der Waals surface area (Å²) in [6.45, 7) is 8.20. The summed E-state index contributed by atoms with van der Waals surface area (Å²) in [6, 6.07) is 8.20. The van der Waals surface area contributed by atoms with Crippen molar-refractivity contribution in [3.8, 4) is 0 Å². The van der Waals surface area contributed by atoms with Crippen molar-refractivity contribution in [3.63, 3.8) is 0 Å². The van der Waals surface area contributed by atoms with E-state index in [1.54, 1.807) is 0 Å². The first-order valence-corrected chi connectivity index (χ1v) is 9.87. The van der Waals surface area contributed by atoms with E-state index in [0.717, 1.165) is 59.7 Å². The number of benzene rings is 1. The lowest BCUT2D eigenvalue weighted by Crippen LogP contribution is -2.26. The van der Waals surface area contributed by atoms with Gasteiger partial charge in [0.05, 0.1) is 5.75 Å². The predicted octanol–water partition coefficient (Wildman–Crippen LogP) is 4.25. The molecule has 0 fully saturated rings. The van der Waals surface area contributed by atoms with E-state index in [4.69, 9.17) is 0 Å². The Labute approximate surface area is 157 Å². The average molecular weight is 378 g/mol. The van der Waals surface area contributed by atoms with E-state index in [9.17, 15) is 9.59 Å². The second-order valence-electron chi connectivity index (χ2n) is 5.87. The van der Waals surface area contributed by atoms with Gasteiger partial charge in [0, 0.05) is 24.9 Å². The van der Waals surface area contributed by atoms with Crippen molar-refractivity contribution in [3.05, 3.63) is 42.1 Å². The van der Waals surface area contributed by atoms with Gasteiger partial charge in [-0.2, -0.15) is 0 Å². The molecule has 0 atom stereocenters. The Morgan fingerprint density at radius 1 is 1.12 bits per heavy atom. The highest BCUT2D eigenvalue weighted by Gasteiger charge is 2.03. The lowest BCUT2D eigenvalue weighted by atomic mass is 10.1. The molecule has 0 saturated heterocycles. The highest BCUT2D eigenvalue weighted by molar-refractivity contribution is 8.14. The minimum Gasteiger partial charge on any atom is -0.359 e. The minimum atomic E-state index is -0.0782. The zero-order chi connectivity index (χ0) is 18.7. The first-order chi connectivity index (χ1) is 11.9. The predicted molar refractivity (Wildman–Crippen MR) is 112 cm³/mol. The van der Waals surface area contributed by atoms with Crippen molar-refractivity contribution in [2.24, 2.45) is 0 Å². The summed E-state index contributed by atoms with van der Waals surface area (Å²) in [5.41, 5.74) is 3.20. The molecule has 1 aromatic carbocycles. The number of carbonyl (C=O) groups is 2. The van der Waals surface area contributed by atoms with Gasteiger partial charge in [0.15, 0.2) is 5.12 Å². The monoisotopic (exact) mass is 378 g/mol. The van der Waals surface area contributed by atoms with Crippen LogP contribution in [-0.4, -0.2) is 28.6 Å². The van der Waals surface area contributed by atoms with E-state index in [2.05, 4.69) is 38.2 Å². The molecule has 1 amide bonds. The Morgan fingerprint density at radius 2 is 1.80 bits per heavy atom. The van der Waals surface area contributed by atoms with Crippen molar-refractivity contribution < 1.29 is 9.59 Å². The summed E-state index contributed by atoms with van der Waals surface area (Å²) in [4.78, 5) is 22.2. The summed E-state index contributed by atoms with van der Waals surface area (Å²) in [5, 5.41) is 7.22. The maximum absolute atomic E-state index is 11.4. The Hall–Kier alpha value is -1.58. The first-order valence-electron chi connectivity index (χ1n) is 8.39. The largest absolute Gasteiger partial charge is 0.359 e. The zero-order valence-corrected chi connectivity index (χ0v) is 16.8. The number of hydrogen-bond donors (Lipinski definition) is 2. The Morgan fingerprint density at radius 3 is 2.40 bits per heavy atom. The van der Waals surface area contributed by atoms with Crippen LogP contribution >= 0.6 is 20.6 Å². The van der Waals surface area contributed by atoms with E-state index in [1.807, 2.05) is 19.1 Å². The average Bonchev–Trinajstić information content (AvgIpc) is 2.56. The molecule has 0 aliphatic rings. The van der Waals surface area contributed by atoms with Crippen molar-refractivity contribution in [2.75, 3.05) is 17.6 Å². The summed E-state index contributed by atoms with van der Waals surface area (Å²) >= 11 is 1.04. The number of rotatable bonds is 11. The number of thioether (sulfide) groups is 1. The maximum Gasteiger partial charge on any atom is 0.230 e. The number of amides is 1. The fourth-order valence-corrected chi connectivity index (χ4v) is 2.76. The molecule has 0 unspecified atom stereocenters. The molecule has 0 saturated carbocycles. The van der Waals surface area contributed by atoms with Gasteiger partial charge in [0.25, 0.3) is 0 Å². The topological polar surface area (TPSA) is 58.2 Å². The fraction of sp³-hybridized carbons (Fsp3) is 0.421. The molecule has 0 heterocycles. The summed E-state index contributed by atoms with van der Waals surface area (Å²) in [5.74, 6) is 0.131. The Balaban J connectivity index is 2.11. The van der Waals surface area contributed by atoms with Gasteiger partial charge in [0.2, 0.25) is 5.91 Å². The van der Waals surface area contributed by atoms with Gasteiger partial charge in [0.1, 0.15) is 0 Å². The SMILES string of the molecule is C=C(CCCCCNC(=O)CSC(C)=O)Nc1ccc(C(C)=P)cc1. The van der Waals surface area contributed by atoms with Crippen molar-refractivity contribution in [1.29, 1.82) is 0 Å². The molecular formula is C19H27N2O2PS.